The van der Waals surface area contributed by atoms with Crippen LogP contribution in [0, 0.1) is 0 Å². The van der Waals surface area contributed by atoms with Gasteiger partial charge in [-0.1, -0.05) is 12.1 Å². The van der Waals surface area contributed by atoms with Crippen LogP contribution in [0.4, 0.5) is 5.69 Å². The predicted molar refractivity (Wildman–Crippen MR) is 128 cm³/mol. The maximum Gasteiger partial charge on any atom is 0.242 e. The molecule has 0 atom stereocenters. The minimum atomic E-state index is 0.0661. The quantitative estimate of drug-likeness (QED) is 0.258. The topological polar surface area (TPSA) is 75.2 Å². The first kappa shape index (κ1) is 20.9. The third-order valence-corrected chi connectivity index (χ3v) is 6.98. The summed E-state index contributed by atoms with van der Waals surface area (Å²) in [4.78, 5) is 20.0. The second-order valence-corrected chi connectivity index (χ2v) is 9.09. The first-order chi connectivity index (χ1) is 15.7. The van der Waals surface area contributed by atoms with Crippen LogP contribution in [-0.4, -0.2) is 48.5 Å². The van der Waals surface area contributed by atoms with Gasteiger partial charge in [-0.2, -0.15) is 0 Å². The number of nitrogen functional groups attached to an aromatic ring is 1. The van der Waals surface area contributed by atoms with Crippen LogP contribution in [-0.2, 0) is 17.7 Å². The zero-order valence-electron chi connectivity index (χ0n) is 17.9. The Morgan fingerprint density at radius 1 is 1.16 bits per heavy atom. The summed E-state index contributed by atoms with van der Waals surface area (Å²) in [6, 6.07) is 15.9. The molecular weight excluding hydrogens is 420 g/mol. The Hall–Kier alpha value is -3.00. The fraction of sp³-hybridized carbons (Fsp3) is 0.280. The van der Waals surface area contributed by atoms with Gasteiger partial charge in [0.1, 0.15) is 6.54 Å². The highest BCUT2D eigenvalue weighted by Crippen LogP contribution is 2.28. The third kappa shape index (κ3) is 4.46. The van der Waals surface area contributed by atoms with Gasteiger partial charge < -0.3 is 10.5 Å². The van der Waals surface area contributed by atoms with Crippen molar-refractivity contribution in [3.8, 4) is 10.4 Å². The number of nitrogens with one attached hydrogen (secondary N) is 1. The molecule has 5 rings (SSSR count). The fourth-order valence-corrected chi connectivity index (χ4v) is 4.91. The zero-order valence-corrected chi connectivity index (χ0v) is 18.7. The van der Waals surface area contributed by atoms with Gasteiger partial charge in [0.05, 0.1) is 13.2 Å². The van der Waals surface area contributed by atoms with Gasteiger partial charge >= 0.3 is 0 Å². The van der Waals surface area contributed by atoms with E-state index in [-0.39, 0.29) is 12.2 Å². The Morgan fingerprint density at radius 3 is 2.84 bits per heavy atom. The van der Waals surface area contributed by atoms with E-state index in [0.29, 0.717) is 11.3 Å². The predicted octanol–water partition coefficient (Wildman–Crippen LogP) is 3.52. The Morgan fingerprint density at radius 2 is 2.03 bits per heavy atom. The lowest BCUT2D eigenvalue weighted by Crippen LogP contribution is -2.44. The molecular formula is C25H27N4O2S+. The molecule has 7 heteroatoms. The summed E-state index contributed by atoms with van der Waals surface area (Å²) in [6.07, 6.45) is 2.27. The highest BCUT2D eigenvalue weighted by atomic mass is 32.1. The number of carbonyl (C=O) groups is 1. The number of H-pyrrole nitrogens is 1. The molecule has 2 aromatic heterocycles. The fourth-order valence-electron chi connectivity index (χ4n) is 4.18. The number of ether oxygens (including phenoxy) is 1. The molecule has 1 aliphatic rings. The van der Waals surface area contributed by atoms with Crippen molar-refractivity contribution in [2.45, 2.75) is 13.0 Å². The average Bonchev–Trinajstić information content (AvgIpc) is 3.50. The van der Waals surface area contributed by atoms with Crippen LogP contribution < -0.4 is 10.3 Å². The van der Waals surface area contributed by atoms with E-state index in [9.17, 15) is 4.79 Å². The van der Waals surface area contributed by atoms with Crippen molar-refractivity contribution in [2.24, 2.45) is 0 Å². The van der Waals surface area contributed by atoms with E-state index < -0.39 is 0 Å². The van der Waals surface area contributed by atoms with Crippen molar-refractivity contribution < 1.29 is 14.1 Å². The molecule has 0 radical (unpaired) electrons. The highest BCUT2D eigenvalue weighted by molar-refractivity contribution is 7.13. The molecule has 164 valence electrons. The van der Waals surface area contributed by atoms with Crippen LogP contribution in [0.1, 0.15) is 15.9 Å². The standard InChI is InChI=1S/C25H26N4O2S/c26-21-5-3-19(25-2-1-13-32-25)14-20(21)16-24(30)18-4-6-23-22(15-18)27-17-29(23)8-7-28-9-11-31-12-10-28/h1-6,13-15,17H,7-12,16,26H2/p+1. The van der Waals surface area contributed by atoms with Crippen LogP contribution in [0.2, 0.25) is 0 Å². The molecule has 3 N–H and O–H groups in total. The monoisotopic (exact) mass is 447 g/mol. The summed E-state index contributed by atoms with van der Waals surface area (Å²) in [5, 5.41) is 2.05. The number of nitrogens with zero attached hydrogens (tertiary/aromatic N) is 2. The first-order valence-corrected chi connectivity index (χ1v) is 11.8. The molecule has 3 heterocycles. The van der Waals surface area contributed by atoms with Crippen molar-refractivity contribution >= 4 is 33.8 Å². The minimum Gasteiger partial charge on any atom is -0.398 e. The minimum absolute atomic E-state index is 0.0661. The molecule has 0 aliphatic carbocycles. The molecule has 0 spiro atoms. The molecule has 6 nitrogen and oxygen atoms in total. The SMILES string of the molecule is Nc1ccc(-c2cccs2)cc1CC(=O)c1ccc2c(c1)[nH]c[n+]2CCN1CCOCC1. The number of anilines is 1. The Bertz CT molecular complexity index is 1230. The molecule has 0 unspecified atom stereocenters. The van der Waals surface area contributed by atoms with Crippen molar-refractivity contribution in [3.63, 3.8) is 0 Å². The summed E-state index contributed by atoms with van der Waals surface area (Å²) < 4.78 is 7.63. The van der Waals surface area contributed by atoms with Crippen LogP contribution in [0.15, 0.2) is 60.2 Å². The molecule has 2 aromatic carbocycles. The van der Waals surface area contributed by atoms with Gasteiger partial charge in [-0.15, -0.1) is 11.3 Å². The van der Waals surface area contributed by atoms with Crippen LogP contribution in [0.25, 0.3) is 21.5 Å². The molecule has 0 amide bonds. The normalized spacial score (nSPS) is 14.8. The number of rotatable bonds is 7. The number of hydrogen-bond acceptors (Lipinski definition) is 5. The highest BCUT2D eigenvalue weighted by Gasteiger charge is 2.17. The molecule has 4 aromatic rings. The number of aromatic nitrogens is 2. The lowest BCUT2D eigenvalue weighted by molar-refractivity contribution is -0.670. The third-order valence-electron chi connectivity index (χ3n) is 6.06. The van der Waals surface area contributed by atoms with Crippen molar-refractivity contribution in [2.75, 3.05) is 38.6 Å². The smallest absolute Gasteiger partial charge is 0.242 e. The van der Waals surface area contributed by atoms with Gasteiger partial charge in [-0.05, 0) is 46.8 Å². The number of benzene rings is 2. The van der Waals surface area contributed by atoms with Gasteiger partial charge in [0.2, 0.25) is 6.33 Å². The van der Waals surface area contributed by atoms with Crippen molar-refractivity contribution in [1.29, 1.82) is 0 Å². The largest absolute Gasteiger partial charge is 0.398 e. The lowest BCUT2D eigenvalue weighted by atomic mass is 9.99. The second-order valence-electron chi connectivity index (χ2n) is 8.14. The van der Waals surface area contributed by atoms with E-state index in [1.807, 2.05) is 48.8 Å². The number of ketones is 1. The number of nitrogens with two attached hydrogens (primary N) is 1. The molecule has 32 heavy (non-hydrogen) atoms. The van der Waals surface area contributed by atoms with E-state index in [2.05, 4.69) is 25.9 Å². The van der Waals surface area contributed by atoms with Gasteiger partial charge in [-0.3, -0.25) is 9.69 Å². The molecule has 1 aliphatic heterocycles. The van der Waals surface area contributed by atoms with Crippen LogP contribution >= 0.6 is 11.3 Å². The Balaban J connectivity index is 1.30. The van der Waals surface area contributed by atoms with Crippen LogP contribution in [0.5, 0.6) is 0 Å². The molecule has 0 saturated carbocycles. The summed E-state index contributed by atoms with van der Waals surface area (Å²) >= 11 is 1.68. The number of morpholine rings is 1. The summed E-state index contributed by atoms with van der Waals surface area (Å²) in [5.41, 5.74) is 11.6. The Kier molecular flexibility index (Phi) is 6.03. The second kappa shape index (κ2) is 9.24. The van der Waals surface area contributed by atoms with Crippen molar-refractivity contribution in [1.82, 2.24) is 9.88 Å². The van der Waals surface area contributed by atoms with E-state index in [1.165, 1.54) is 4.88 Å². The number of hydrogen-bond donors (Lipinski definition) is 2. The van der Waals surface area contributed by atoms with Gasteiger partial charge in [-0.25, -0.2) is 9.55 Å². The summed E-state index contributed by atoms with van der Waals surface area (Å²) in [6.45, 7) is 5.48. The number of fused-ring (bicyclic) bond motifs is 1. The maximum absolute atomic E-state index is 13.1. The van der Waals surface area contributed by atoms with Gasteiger partial charge in [0.15, 0.2) is 16.8 Å². The molecule has 1 fully saturated rings. The maximum atomic E-state index is 13.1. The van der Waals surface area contributed by atoms with E-state index >= 15 is 0 Å². The molecule has 1 saturated heterocycles. The lowest BCUT2D eigenvalue weighted by Gasteiger charge is -2.25. The number of thiophene rings is 1. The number of carbonyl (C=O) groups excluding carboxylic acids is 1. The van der Waals surface area contributed by atoms with Gasteiger partial charge in [0, 0.05) is 48.2 Å². The average molecular weight is 448 g/mol. The van der Waals surface area contributed by atoms with Crippen LogP contribution in [0.3, 0.4) is 0 Å². The Labute approximate surface area is 191 Å². The number of imidazole rings is 1. The summed E-state index contributed by atoms with van der Waals surface area (Å²) in [7, 11) is 0. The number of Topliss-reactive ketones (excluding diaryl/α,β-unsaturated/α-hetero) is 1. The first-order valence-electron chi connectivity index (χ1n) is 10.9. The number of aromatic amines is 1. The zero-order chi connectivity index (χ0) is 21.9. The summed E-state index contributed by atoms with van der Waals surface area (Å²) in [5.74, 6) is 0.0661. The molecule has 0 bridgehead atoms. The van der Waals surface area contributed by atoms with E-state index in [4.69, 9.17) is 10.5 Å². The van der Waals surface area contributed by atoms with E-state index in [0.717, 1.165) is 61.6 Å². The van der Waals surface area contributed by atoms with E-state index in [1.54, 1.807) is 11.3 Å². The van der Waals surface area contributed by atoms with Crippen molar-refractivity contribution in [3.05, 3.63) is 71.4 Å². The van der Waals surface area contributed by atoms with Gasteiger partial charge in [0.25, 0.3) is 0 Å².